The van der Waals surface area contributed by atoms with Gasteiger partial charge in [0.2, 0.25) is 10.0 Å². The highest BCUT2D eigenvalue weighted by atomic mass is 32.2. The Hall–Kier alpha value is -1.22. The van der Waals surface area contributed by atoms with E-state index >= 15 is 0 Å². The van der Waals surface area contributed by atoms with E-state index in [9.17, 15) is 8.42 Å². The molecular weight excluding hydrogens is 294 g/mol. The van der Waals surface area contributed by atoms with Crippen molar-refractivity contribution in [1.29, 1.82) is 0 Å². The maximum Gasteiger partial charge on any atom is 0.247 e. The first-order valence-electron chi connectivity index (χ1n) is 6.61. The molecule has 0 amide bonds. The molecule has 7 nitrogen and oxygen atoms in total. The topological polar surface area (TPSA) is 80.8 Å². The summed E-state index contributed by atoms with van der Waals surface area (Å²) in [6, 6.07) is 2.83. The maximum absolute atomic E-state index is 12.9. The molecule has 1 atom stereocenters. The van der Waals surface area contributed by atoms with Crippen molar-refractivity contribution >= 4 is 15.8 Å². The molecule has 21 heavy (non-hydrogen) atoms. The van der Waals surface area contributed by atoms with Gasteiger partial charge in [-0.1, -0.05) is 0 Å². The van der Waals surface area contributed by atoms with Crippen molar-refractivity contribution in [3.05, 3.63) is 18.3 Å². The molecule has 120 valence electrons. The van der Waals surface area contributed by atoms with E-state index in [4.69, 9.17) is 9.47 Å². The second-order valence-corrected chi connectivity index (χ2v) is 6.37. The highest BCUT2D eigenvalue weighted by molar-refractivity contribution is 7.89. The van der Waals surface area contributed by atoms with Crippen LogP contribution in [0, 0.1) is 0 Å². The summed E-state index contributed by atoms with van der Waals surface area (Å²) in [7, 11) is 1.03. The third-order valence-corrected chi connectivity index (χ3v) is 5.05. The minimum Gasteiger partial charge on any atom is -0.383 e. The average Bonchev–Trinajstić information content (AvgIpc) is 2.47. The molecular formula is C13H23N3O4S. The summed E-state index contributed by atoms with van der Waals surface area (Å²) < 4.78 is 37.2. The molecule has 0 saturated heterocycles. The second-order valence-electron chi connectivity index (χ2n) is 4.51. The summed E-state index contributed by atoms with van der Waals surface area (Å²) in [6.07, 6.45) is 1.54. The second kappa shape index (κ2) is 8.28. The quantitative estimate of drug-likeness (QED) is 0.725. The first kappa shape index (κ1) is 17.8. The van der Waals surface area contributed by atoms with Gasteiger partial charge in [-0.05, 0) is 19.1 Å². The Balaban J connectivity index is 3.19. The molecule has 1 aromatic rings. The van der Waals surface area contributed by atoms with Gasteiger partial charge in [-0.3, -0.25) is 0 Å². The van der Waals surface area contributed by atoms with Gasteiger partial charge in [-0.25, -0.2) is 13.4 Å². The largest absolute Gasteiger partial charge is 0.383 e. The van der Waals surface area contributed by atoms with E-state index in [2.05, 4.69) is 10.3 Å². The molecule has 1 heterocycles. The molecule has 1 rings (SSSR count). The number of nitrogens with one attached hydrogen (secondary N) is 1. The number of hydrogen-bond acceptors (Lipinski definition) is 6. The van der Waals surface area contributed by atoms with E-state index in [1.807, 2.05) is 0 Å². The fourth-order valence-corrected chi connectivity index (χ4v) is 3.75. The van der Waals surface area contributed by atoms with Gasteiger partial charge in [0, 0.05) is 40.1 Å². The van der Waals surface area contributed by atoms with E-state index in [0.29, 0.717) is 19.0 Å². The average molecular weight is 317 g/mol. The number of rotatable bonds is 9. The van der Waals surface area contributed by atoms with E-state index in [1.54, 1.807) is 33.3 Å². The molecule has 0 fully saturated rings. The van der Waals surface area contributed by atoms with Crippen LogP contribution in [0.4, 0.5) is 5.82 Å². The van der Waals surface area contributed by atoms with E-state index in [0.717, 1.165) is 0 Å². The van der Waals surface area contributed by atoms with Crippen LogP contribution >= 0.6 is 0 Å². The Morgan fingerprint density at radius 3 is 2.67 bits per heavy atom. The number of anilines is 1. The Morgan fingerprint density at radius 1 is 1.38 bits per heavy atom. The van der Waals surface area contributed by atoms with Gasteiger partial charge >= 0.3 is 0 Å². The van der Waals surface area contributed by atoms with Crippen LogP contribution in [0.1, 0.15) is 6.92 Å². The Bertz CT molecular complexity index is 536. The number of aromatic nitrogens is 1. The Labute approximate surface area is 126 Å². The number of hydrogen-bond donors (Lipinski definition) is 1. The lowest BCUT2D eigenvalue weighted by Gasteiger charge is -2.28. The molecule has 1 aromatic heterocycles. The minimum atomic E-state index is -3.69. The molecule has 1 unspecified atom stereocenters. The van der Waals surface area contributed by atoms with Crippen LogP contribution < -0.4 is 5.32 Å². The molecule has 0 radical (unpaired) electrons. The lowest BCUT2D eigenvalue weighted by Crippen LogP contribution is -2.43. The van der Waals surface area contributed by atoms with Crippen molar-refractivity contribution in [1.82, 2.24) is 9.29 Å². The molecule has 0 aromatic carbocycles. The van der Waals surface area contributed by atoms with Crippen molar-refractivity contribution in [2.24, 2.45) is 0 Å². The number of pyridine rings is 1. The highest BCUT2D eigenvalue weighted by Gasteiger charge is 2.31. The van der Waals surface area contributed by atoms with Crippen molar-refractivity contribution in [2.75, 3.05) is 46.3 Å². The first-order chi connectivity index (χ1) is 9.98. The van der Waals surface area contributed by atoms with Crippen LogP contribution in [-0.2, 0) is 19.5 Å². The van der Waals surface area contributed by atoms with Crippen LogP contribution in [0.5, 0.6) is 0 Å². The van der Waals surface area contributed by atoms with Gasteiger partial charge in [-0.2, -0.15) is 4.31 Å². The van der Waals surface area contributed by atoms with Crippen LogP contribution in [0.25, 0.3) is 0 Å². The Morgan fingerprint density at radius 2 is 2.10 bits per heavy atom. The molecule has 0 aliphatic rings. The fraction of sp³-hybridized carbons (Fsp3) is 0.615. The van der Waals surface area contributed by atoms with Crippen molar-refractivity contribution in [3.8, 4) is 0 Å². The van der Waals surface area contributed by atoms with Crippen LogP contribution in [0.3, 0.4) is 0 Å². The fourth-order valence-electron chi connectivity index (χ4n) is 2.00. The summed E-state index contributed by atoms with van der Waals surface area (Å²) in [5, 5.41) is 2.80. The van der Waals surface area contributed by atoms with Gasteiger partial charge in [0.05, 0.1) is 13.2 Å². The monoisotopic (exact) mass is 317 g/mol. The summed E-state index contributed by atoms with van der Waals surface area (Å²) in [5.41, 5.74) is 0. The van der Waals surface area contributed by atoms with E-state index in [-0.39, 0.29) is 17.5 Å². The van der Waals surface area contributed by atoms with Crippen molar-refractivity contribution in [3.63, 3.8) is 0 Å². The number of ether oxygens (including phenoxy) is 2. The zero-order valence-electron chi connectivity index (χ0n) is 12.9. The maximum atomic E-state index is 12.9. The van der Waals surface area contributed by atoms with Crippen molar-refractivity contribution < 1.29 is 17.9 Å². The summed E-state index contributed by atoms with van der Waals surface area (Å²) in [4.78, 5) is 4.20. The van der Waals surface area contributed by atoms with Gasteiger partial charge in [-0.15, -0.1) is 0 Å². The third kappa shape index (κ3) is 4.37. The Kier molecular flexibility index (Phi) is 7.03. The van der Waals surface area contributed by atoms with Crippen LogP contribution in [-0.4, -0.2) is 64.8 Å². The predicted octanol–water partition coefficient (Wildman–Crippen LogP) is 0.795. The highest BCUT2D eigenvalue weighted by Crippen LogP contribution is 2.23. The van der Waals surface area contributed by atoms with Gasteiger partial charge in [0.25, 0.3) is 0 Å². The number of nitrogens with zero attached hydrogens (tertiary/aromatic N) is 2. The molecule has 0 bridgehead atoms. The molecule has 1 N–H and O–H groups in total. The number of sulfonamides is 1. The molecule has 0 saturated carbocycles. The van der Waals surface area contributed by atoms with Gasteiger partial charge in [0.1, 0.15) is 10.7 Å². The molecule has 0 aliphatic carbocycles. The molecule has 8 heteroatoms. The lowest BCUT2D eigenvalue weighted by molar-refractivity contribution is 0.119. The first-order valence-corrected chi connectivity index (χ1v) is 8.05. The summed E-state index contributed by atoms with van der Waals surface area (Å²) in [6.45, 7) is 2.66. The van der Waals surface area contributed by atoms with Gasteiger partial charge < -0.3 is 14.8 Å². The third-order valence-electron chi connectivity index (χ3n) is 3.01. The summed E-state index contributed by atoms with van der Waals surface area (Å²) in [5.74, 6) is 0.324. The van der Waals surface area contributed by atoms with Crippen molar-refractivity contribution in [2.45, 2.75) is 17.9 Å². The molecule has 0 aliphatic heterocycles. The smallest absolute Gasteiger partial charge is 0.247 e. The number of methoxy groups -OCH3 is 2. The standard InChI is InChI=1S/C13H23N3O4S/c1-11(10-20-4)16(8-9-19-3)21(17,18)12-6-5-7-15-13(12)14-2/h5-7,11H,8-10H2,1-4H3,(H,14,15). The SMILES string of the molecule is CNc1ncccc1S(=O)(=O)N(CCOC)C(C)COC. The lowest BCUT2D eigenvalue weighted by atomic mass is 10.3. The van der Waals surface area contributed by atoms with E-state index in [1.165, 1.54) is 17.5 Å². The predicted molar refractivity (Wildman–Crippen MR) is 80.9 cm³/mol. The zero-order valence-corrected chi connectivity index (χ0v) is 13.7. The normalized spacial score (nSPS) is 13.4. The zero-order chi connectivity index (χ0) is 15.9. The minimum absolute atomic E-state index is 0.145. The van der Waals surface area contributed by atoms with Crippen LogP contribution in [0.2, 0.25) is 0 Å². The molecule has 0 spiro atoms. The van der Waals surface area contributed by atoms with Crippen LogP contribution in [0.15, 0.2) is 23.2 Å². The summed E-state index contributed by atoms with van der Waals surface area (Å²) >= 11 is 0. The van der Waals surface area contributed by atoms with Gasteiger partial charge in [0.15, 0.2) is 0 Å². The van der Waals surface area contributed by atoms with E-state index < -0.39 is 10.0 Å².